The van der Waals surface area contributed by atoms with Crippen molar-refractivity contribution in [1.82, 2.24) is 0 Å². The van der Waals surface area contributed by atoms with Crippen LogP contribution in [0, 0.1) is 12.8 Å². The number of carboxylic acid groups (broad SMARTS) is 1. The summed E-state index contributed by atoms with van der Waals surface area (Å²) in [5, 5.41) is 21.0. The molecule has 94 valence electrons. The minimum atomic E-state index is -0.928. The highest BCUT2D eigenvalue weighted by atomic mass is 16.4. The van der Waals surface area contributed by atoms with Gasteiger partial charge in [-0.05, 0) is 37.0 Å². The molecule has 0 aliphatic carbocycles. The van der Waals surface area contributed by atoms with Gasteiger partial charge in [-0.2, -0.15) is 0 Å². The molecule has 0 radical (unpaired) electrons. The molecule has 0 saturated carbocycles. The molecule has 0 amide bonds. The largest absolute Gasteiger partial charge is 0.478 e. The normalized spacial score (nSPS) is 12.2. The molecule has 0 fully saturated rings. The molecule has 4 heteroatoms. The van der Waals surface area contributed by atoms with Crippen molar-refractivity contribution in [1.29, 1.82) is 0 Å². The first-order valence-electron chi connectivity index (χ1n) is 5.73. The summed E-state index contributed by atoms with van der Waals surface area (Å²) in [5.74, 6) is -0.621. The number of anilines is 1. The molecule has 0 saturated heterocycles. The van der Waals surface area contributed by atoms with E-state index in [9.17, 15) is 4.79 Å². The number of aromatic carboxylic acids is 1. The number of hydrogen-bond donors (Lipinski definition) is 3. The predicted molar refractivity (Wildman–Crippen MR) is 67.5 cm³/mol. The minimum absolute atomic E-state index is 0.155. The van der Waals surface area contributed by atoms with Gasteiger partial charge in [0, 0.05) is 18.8 Å². The smallest absolute Gasteiger partial charge is 0.337 e. The van der Waals surface area contributed by atoms with Crippen LogP contribution >= 0.6 is 0 Å². The zero-order valence-electron chi connectivity index (χ0n) is 10.2. The van der Waals surface area contributed by atoms with E-state index in [0.717, 1.165) is 5.56 Å². The molecule has 0 heterocycles. The van der Waals surface area contributed by atoms with E-state index in [-0.39, 0.29) is 12.2 Å². The molecule has 1 unspecified atom stereocenters. The van der Waals surface area contributed by atoms with Crippen LogP contribution in [0.3, 0.4) is 0 Å². The molecule has 1 rings (SSSR count). The lowest BCUT2D eigenvalue weighted by atomic mass is 10.1. The Morgan fingerprint density at radius 2 is 2.18 bits per heavy atom. The van der Waals surface area contributed by atoms with Crippen molar-refractivity contribution >= 4 is 11.7 Å². The van der Waals surface area contributed by atoms with Gasteiger partial charge in [0.25, 0.3) is 0 Å². The van der Waals surface area contributed by atoms with Crippen LogP contribution < -0.4 is 5.32 Å². The summed E-state index contributed by atoms with van der Waals surface area (Å²) in [6.07, 6.45) is 0.710. The van der Waals surface area contributed by atoms with Gasteiger partial charge < -0.3 is 15.5 Å². The SMILES string of the molecule is Cc1ccc(C(=O)O)c(NCC(C)CCO)c1. The number of benzene rings is 1. The number of nitrogens with one attached hydrogen (secondary N) is 1. The zero-order valence-corrected chi connectivity index (χ0v) is 10.2. The Hall–Kier alpha value is -1.55. The Kier molecular flexibility index (Phi) is 4.97. The first-order valence-corrected chi connectivity index (χ1v) is 5.73. The minimum Gasteiger partial charge on any atom is -0.478 e. The fourth-order valence-electron chi connectivity index (χ4n) is 1.60. The molecular formula is C13H19NO3. The Balaban J connectivity index is 2.75. The second-order valence-corrected chi connectivity index (χ2v) is 4.35. The van der Waals surface area contributed by atoms with Crippen LogP contribution in [0.5, 0.6) is 0 Å². The predicted octanol–water partition coefficient (Wildman–Crippen LogP) is 2.12. The highest BCUT2D eigenvalue weighted by molar-refractivity contribution is 5.94. The van der Waals surface area contributed by atoms with Crippen LogP contribution in [0.15, 0.2) is 18.2 Å². The van der Waals surface area contributed by atoms with Crippen LogP contribution in [0.2, 0.25) is 0 Å². The van der Waals surface area contributed by atoms with Gasteiger partial charge in [0.15, 0.2) is 0 Å². The second-order valence-electron chi connectivity index (χ2n) is 4.35. The average Bonchev–Trinajstić information content (AvgIpc) is 2.26. The summed E-state index contributed by atoms with van der Waals surface area (Å²) in [5.41, 5.74) is 1.95. The highest BCUT2D eigenvalue weighted by Gasteiger charge is 2.10. The number of aryl methyl sites for hydroxylation is 1. The maximum absolute atomic E-state index is 11.0. The lowest BCUT2D eigenvalue weighted by Crippen LogP contribution is -2.14. The van der Waals surface area contributed by atoms with E-state index in [0.29, 0.717) is 24.6 Å². The number of rotatable bonds is 6. The van der Waals surface area contributed by atoms with Crippen molar-refractivity contribution < 1.29 is 15.0 Å². The van der Waals surface area contributed by atoms with E-state index < -0.39 is 5.97 Å². The first kappa shape index (κ1) is 13.5. The van der Waals surface area contributed by atoms with Gasteiger partial charge in [-0.15, -0.1) is 0 Å². The van der Waals surface area contributed by atoms with Crippen molar-refractivity contribution in [3.8, 4) is 0 Å². The van der Waals surface area contributed by atoms with Gasteiger partial charge in [-0.3, -0.25) is 0 Å². The third-order valence-electron chi connectivity index (χ3n) is 2.67. The van der Waals surface area contributed by atoms with Crippen LogP contribution in [-0.4, -0.2) is 29.3 Å². The van der Waals surface area contributed by atoms with Crippen LogP contribution in [0.1, 0.15) is 29.3 Å². The van der Waals surface area contributed by atoms with Gasteiger partial charge in [0.2, 0.25) is 0 Å². The summed E-state index contributed by atoms with van der Waals surface area (Å²) in [4.78, 5) is 11.0. The van der Waals surface area contributed by atoms with Gasteiger partial charge in [0.1, 0.15) is 0 Å². The number of aliphatic hydroxyl groups is 1. The van der Waals surface area contributed by atoms with Crippen LogP contribution in [0.4, 0.5) is 5.69 Å². The Bertz CT molecular complexity index is 390. The molecule has 4 nitrogen and oxygen atoms in total. The van der Waals surface area contributed by atoms with Gasteiger partial charge in [0.05, 0.1) is 5.56 Å². The molecule has 0 aliphatic heterocycles. The summed E-state index contributed by atoms with van der Waals surface area (Å²) in [6, 6.07) is 5.22. The summed E-state index contributed by atoms with van der Waals surface area (Å²) < 4.78 is 0. The third kappa shape index (κ3) is 4.07. The standard InChI is InChI=1S/C13H19NO3/c1-9-3-4-11(13(16)17)12(7-9)14-8-10(2)5-6-15/h3-4,7,10,14-15H,5-6,8H2,1-2H3,(H,16,17). The Morgan fingerprint density at radius 3 is 2.76 bits per heavy atom. The molecule has 1 atom stereocenters. The van der Waals surface area contributed by atoms with Crippen LogP contribution in [-0.2, 0) is 0 Å². The fraction of sp³-hybridized carbons (Fsp3) is 0.462. The summed E-state index contributed by atoms with van der Waals surface area (Å²) >= 11 is 0. The number of hydrogen-bond acceptors (Lipinski definition) is 3. The lowest BCUT2D eigenvalue weighted by Gasteiger charge is -2.14. The topological polar surface area (TPSA) is 69.6 Å². The number of aliphatic hydroxyl groups excluding tert-OH is 1. The van der Waals surface area contributed by atoms with Crippen molar-refractivity contribution in [2.75, 3.05) is 18.5 Å². The van der Waals surface area contributed by atoms with E-state index in [2.05, 4.69) is 5.32 Å². The summed E-state index contributed by atoms with van der Waals surface area (Å²) in [7, 11) is 0. The maximum atomic E-state index is 11.0. The zero-order chi connectivity index (χ0) is 12.8. The second kappa shape index (κ2) is 6.25. The average molecular weight is 237 g/mol. The molecule has 3 N–H and O–H groups in total. The molecule has 1 aromatic carbocycles. The molecule has 17 heavy (non-hydrogen) atoms. The number of carbonyl (C=O) groups is 1. The van der Waals surface area contributed by atoms with Crippen molar-refractivity contribution in [2.45, 2.75) is 20.3 Å². The summed E-state index contributed by atoms with van der Waals surface area (Å²) in [6.45, 7) is 4.75. The van der Waals surface area contributed by atoms with E-state index in [1.807, 2.05) is 19.9 Å². The molecule has 0 aromatic heterocycles. The number of carboxylic acids is 1. The van der Waals surface area contributed by atoms with E-state index >= 15 is 0 Å². The Labute approximate surface area is 101 Å². The van der Waals surface area contributed by atoms with Crippen molar-refractivity contribution in [3.05, 3.63) is 29.3 Å². The lowest BCUT2D eigenvalue weighted by molar-refractivity contribution is 0.0698. The molecule has 0 spiro atoms. The third-order valence-corrected chi connectivity index (χ3v) is 2.67. The van der Waals surface area contributed by atoms with E-state index in [4.69, 9.17) is 10.2 Å². The van der Waals surface area contributed by atoms with Crippen molar-refractivity contribution in [2.24, 2.45) is 5.92 Å². The van der Waals surface area contributed by atoms with E-state index in [1.165, 1.54) is 0 Å². The monoisotopic (exact) mass is 237 g/mol. The van der Waals surface area contributed by atoms with Gasteiger partial charge in [-0.25, -0.2) is 4.79 Å². The van der Waals surface area contributed by atoms with Crippen LogP contribution in [0.25, 0.3) is 0 Å². The molecule has 0 bridgehead atoms. The highest BCUT2D eigenvalue weighted by Crippen LogP contribution is 2.18. The fourth-order valence-corrected chi connectivity index (χ4v) is 1.60. The van der Waals surface area contributed by atoms with Gasteiger partial charge in [-0.1, -0.05) is 13.0 Å². The first-order chi connectivity index (χ1) is 8.04. The van der Waals surface area contributed by atoms with Gasteiger partial charge >= 0.3 is 5.97 Å². The molecular weight excluding hydrogens is 218 g/mol. The Morgan fingerprint density at radius 1 is 1.47 bits per heavy atom. The maximum Gasteiger partial charge on any atom is 0.337 e. The van der Waals surface area contributed by atoms with E-state index in [1.54, 1.807) is 12.1 Å². The van der Waals surface area contributed by atoms with Crippen molar-refractivity contribution in [3.63, 3.8) is 0 Å². The molecule has 1 aromatic rings. The molecule has 0 aliphatic rings. The quantitative estimate of drug-likeness (QED) is 0.709.